The Bertz CT molecular complexity index is 497. The molecule has 7 nitrogen and oxygen atoms in total. The van der Waals surface area contributed by atoms with E-state index in [1.807, 2.05) is 6.92 Å². The second-order valence-corrected chi connectivity index (χ2v) is 6.07. The standard InChI is InChI=1S/C13H20N4O3S/c1-3-20-13(19)17-6-4-10(5-7-17)15-11(18)16-12-14-8-9(2)21-12/h8,10H,3-7H2,1-2H3,(H2,14,15,16,18). The van der Waals surface area contributed by atoms with Crippen molar-refractivity contribution in [2.75, 3.05) is 25.0 Å². The molecule has 0 spiro atoms. The summed E-state index contributed by atoms with van der Waals surface area (Å²) in [7, 11) is 0. The van der Waals surface area contributed by atoms with Gasteiger partial charge in [-0.3, -0.25) is 5.32 Å². The number of ether oxygens (including phenoxy) is 1. The average Bonchev–Trinajstić information content (AvgIpc) is 2.85. The number of anilines is 1. The lowest BCUT2D eigenvalue weighted by Crippen LogP contribution is -2.47. The summed E-state index contributed by atoms with van der Waals surface area (Å²) < 4.78 is 4.96. The van der Waals surface area contributed by atoms with E-state index in [1.165, 1.54) is 11.3 Å². The molecule has 1 fully saturated rings. The zero-order chi connectivity index (χ0) is 15.2. The molecule has 8 heteroatoms. The quantitative estimate of drug-likeness (QED) is 0.896. The monoisotopic (exact) mass is 312 g/mol. The molecular weight excluding hydrogens is 292 g/mol. The van der Waals surface area contributed by atoms with E-state index >= 15 is 0 Å². The predicted octanol–water partition coefficient (Wildman–Crippen LogP) is 2.19. The number of nitrogens with one attached hydrogen (secondary N) is 2. The molecule has 21 heavy (non-hydrogen) atoms. The van der Waals surface area contributed by atoms with Gasteiger partial charge in [-0.2, -0.15) is 0 Å². The van der Waals surface area contributed by atoms with Crippen LogP contribution in [0.2, 0.25) is 0 Å². The molecule has 2 heterocycles. The van der Waals surface area contributed by atoms with E-state index in [1.54, 1.807) is 18.0 Å². The van der Waals surface area contributed by atoms with Gasteiger partial charge < -0.3 is 15.0 Å². The molecule has 1 aliphatic rings. The van der Waals surface area contributed by atoms with Crippen LogP contribution in [0.5, 0.6) is 0 Å². The summed E-state index contributed by atoms with van der Waals surface area (Å²) in [5.41, 5.74) is 0. The minimum atomic E-state index is -0.279. The van der Waals surface area contributed by atoms with Crippen molar-refractivity contribution in [2.45, 2.75) is 32.7 Å². The number of thiazole rings is 1. The Hall–Kier alpha value is -1.83. The highest BCUT2D eigenvalue weighted by Gasteiger charge is 2.24. The van der Waals surface area contributed by atoms with Gasteiger partial charge in [0.25, 0.3) is 0 Å². The van der Waals surface area contributed by atoms with Crippen molar-refractivity contribution >= 4 is 28.6 Å². The molecule has 0 saturated carbocycles. The average molecular weight is 312 g/mol. The zero-order valence-corrected chi connectivity index (χ0v) is 13.0. The van der Waals surface area contributed by atoms with Crippen LogP contribution in [0.1, 0.15) is 24.6 Å². The van der Waals surface area contributed by atoms with Gasteiger partial charge in [-0.1, -0.05) is 0 Å². The van der Waals surface area contributed by atoms with Crippen molar-refractivity contribution in [3.05, 3.63) is 11.1 Å². The summed E-state index contributed by atoms with van der Waals surface area (Å²) >= 11 is 1.44. The number of likely N-dealkylation sites (tertiary alicyclic amines) is 1. The number of nitrogens with zero attached hydrogens (tertiary/aromatic N) is 2. The number of hydrogen-bond donors (Lipinski definition) is 2. The molecule has 1 aromatic rings. The fraction of sp³-hybridized carbons (Fsp3) is 0.615. The lowest BCUT2D eigenvalue weighted by Gasteiger charge is -2.31. The van der Waals surface area contributed by atoms with Gasteiger partial charge in [-0.25, -0.2) is 14.6 Å². The smallest absolute Gasteiger partial charge is 0.409 e. The zero-order valence-electron chi connectivity index (χ0n) is 12.2. The van der Waals surface area contributed by atoms with Gasteiger partial charge in [0.1, 0.15) is 0 Å². The maximum Gasteiger partial charge on any atom is 0.409 e. The van der Waals surface area contributed by atoms with Gasteiger partial charge in [0.05, 0.1) is 6.61 Å². The number of hydrogen-bond acceptors (Lipinski definition) is 5. The number of amides is 3. The molecule has 116 valence electrons. The third kappa shape index (κ3) is 4.59. The molecule has 3 amide bonds. The minimum absolute atomic E-state index is 0.0664. The Morgan fingerprint density at radius 3 is 2.76 bits per heavy atom. The summed E-state index contributed by atoms with van der Waals surface area (Å²) in [5.74, 6) is 0. The molecule has 2 rings (SSSR count). The van der Waals surface area contributed by atoms with Crippen LogP contribution in [0.3, 0.4) is 0 Å². The van der Waals surface area contributed by atoms with E-state index in [4.69, 9.17) is 4.74 Å². The fourth-order valence-corrected chi connectivity index (χ4v) is 2.81. The van der Waals surface area contributed by atoms with E-state index in [2.05, 4.69) is 15.6 Å². The van der Waals surface area contributed by atoms with Crippen LogP contribution in [0, 0.1) is 6.92 Å². The SMILES string of the molecule is CCOC(=O)N1CCC(NC(=O)Nc2ncc(C)s2)CC1. The van der Waals surface area contributed by atoms with Crippen molar-refractivity contribution in [1.29, 1.82) is 0 Å². The maximum atomic E-state index is 11.8. The lowest BCUT2D eigenvalue weighted by molar-refractivity contribution is 0.0959. The van der Waals surface area contributed by atoms with E-state index in [-0.39, 0.29) is 18.2 Å². The van der Waals surface area contributed by atoms with Gasteiger partial charge in [-0.15, -0.1) is 11.3 Å². The van der Waals surface area contributed by atoms with Gasteiger partial charge >= 0.3 is 12.1 Å². The Morgan fingerprint density at radius 1 is 1.48 bits per heavy atom. The van der Waals surface area contributed by atoms with Crippen molar-refractivity contribution in [1.82, 2.24) is 15.2 Å². The van der Waals surface area contributed by atoms with E-state index in [0.717, 1.165) is 17.7 Å². The van der Waals surface area contributed by atoms with Crippen molar-refractivity contribution in [2.24, 2.45) is 0 Å². The number of rotatable bonds is 3. The molecule has 0 bridgehead atoms. The highest BCUT2D eigenvalue weighted by molar-refractivity contribution is 7.15. The van der Waals surface area contributed by atoms with Crippen molar-refractivity contribution in [3.8, 4) is 0 Å². The fourth-order valence-electron chi connectivity index (χ4n) is 2.15. The van der Waals surface area contributed by atoms with Crippen LogP contribution in [-0.4, -0.2) is 47.7 Å². The van der Waals surface area contributed by atoms with Crippen LogP contribution in [0.25, 0.3) is 0 Å². The Morgan fingerprint density at radius 2 is 2.19 bits per heavy atom. The summed E-state index contributed by atoms with van der Waals surface area (Å²) in [6.07, 6.45) is 2.89. The summed E-state index contributed by atoms with van der Waals surface area (Å²) in [4.78, 5) is 30.2. The second kappa shape index (κ2) is 7.26. The van der Waals surface area contributed by atoms with E-state index in [0.29, 0.717) is 24.8 Å². The molecule has 0 radical (unpaired) electrons. The van der Waals surface area contributed by atoms with Gasteiger partial charge in [0.2, 0.25) is 0 Å². The van der Waals surface area contributed by atoms with Crippen LogP contribution in [-0.2, 0) is 4.74 Å². The first kappa shape index (κ1) is 15.6. The normalized spacial score (nSPS) is 15.6. The van der Waals surface area contributed by atoms with E-state index < -0.39 is 0 Å². The maximum absolute atomic E-state index is 11.8. The topological polar surface area (TPSA) is 83.6 Å². The highest BCUT2D eigenvalue weighted by Crippen LogP contribution is 2.17. The van der Waals surface area contributed by atoms with Gasteiger partial charge in [0, 0.05) is 30.2 Å². The van der Waals surface area contributed by atoms with Gasteiger partial charge in [-0.05, 0) is 26.7 Å². The third-order valence-corrected chi connectivity index (χ3v) is 4.03. The molecule has 0 aliphatic carbocycles. The molecule has 2 N–H and O–H groups in total. The summed E-state index contributed by atoms with van der Waals surface area (Å²) in [5, 5.41) is 6.21. The largest absolute Gasteiger partial charge is 0.450 e. The number of urea groups is 1. The molecule has 1 saturated heterocycles. The molecule has 0 atom stereocenters. The first-order valence-electron chi connectivity index (χ1n) is 7.00. The molecular formula is C13H20N4O3S. The Labute approximate surface area is 127 Å². The minimum Gasteiger partial charge on any atom is -0.450 e. The predicted molar refractivity (Wildman–Crippen MR) is 80.6 cm³/mol. The van der Waals surface area contributed by atoms with Crippen molar-refractivity contribution < 1.29 is 14.3 Å². The molecule has 1 aromatic heterocycles. The number of aromatic nitrogens is 1. The Kier molecular flexibility index (Phi) is 5.38. The van der Waals surface area contributed by atoms with Crippen LogP contribution in [0.15, 0.2) is 6.20 Å². The number of aryl methyl sites for hydroxylation is 1. The van der Waals surface area contributed by atoms with Crippen LogP contribution >= 0.6 is 11.3 Å². The number of carbonyl (C=O) groups is 2. The summed E-state index contributed by atoms with van der Waals surface area (Å²) in [6.45, 7) is 5.30. The first-order valence-corrected chi connectivity index (χ1v) is 7.81. The summed E-state index contributed by atoms with van der Waals surface area (Å²) in [6, 6.07) is -0.185. The number of carbonyl (C=O) groups excluding carboxylic acids is 2. The number of piperidine rings is 1. The lowest BCUT2D eigenvalue weighted by atomic mass is 10.1. The van der Waals surface area contributed by atoms with Crippen LogP contribution < -0.4 is 10.6 Å². The molecule has 0 unspecified atom stereocenters. The van der Waals surface area contributed by atoms with Crippen LogP contribution in [0.4, 0.5) is 14.7 Å². The first-order chi connectivity index (χ1) is 10.1. The third-order valence-electron chi connectivity index (χ3n) is 3.20. The molecule has 1 aliphatic heterocycles. The highest BCUT2D eigenvalue weighted by atomic mass is 32.1. The van der Waals surface area contributed by atoms with Crippen molar-refractivity contribution in [3.63, 3.8) is 0 Å². The van der Waals surface area contributed by atoms with Gasteiger partial charge in [0.15, 0.2) is 5.13 Å². The second-order valence-electron chi connectivity index (χ2n) is 4.83. The molecule has 0 aromatic carbocycles. The van der Waals surface area contributed by atoms with E-state index in [9.17, 15) is 9.59 Å². The Balaban J connectivity index is 1.73.